The SMILES string of the molecule is COc1cccc(CCc2ccc(O)c3c2CC2CC4CC(=O)C(C(N)=O)C(=O)[C@@]4(O)C(=O)C2C3=O)c1. The van der Waals surface area contributed by atoms with Gasteiger partial charge < -0.3 is 20.7 Å². The zero-order chi connectivity index (χ0) is 26.6. The van der Waals surface area contributed by atoms with Crippen LogP contribution >= 0.6 is 0 Å². The number of phenolic OH excluding ortho intramolecular Hbond substituents is 1. The molecule has 3 aliphatic carbocycles. The molecule has 0 aliphatic heterocycles. The lowest BCUT2D eigenvalue weighted by molar-refractivity contribution is -0.175. The van der Waals surface area contributed by atoms with Gasteiger partial charge in [-0.1, -0.05) is 18.2 Å². The maximum atomic E-state index is 13.6. The third-order valence-electron chi connectivity index (χ3n) is 8.20. The second-order valence-corrected chi connectivity index (χ2v) is 10.2. The van der Waals surface area contributed by atoms with E-state index in [0.717, 1.165) is 16.9 Å². The van der Waals surface area contributed by atoms with Crippen LogP contribution in [0.25, 0.3) is 0 Å². The first-order chi connectivity index (χ1) is 17.6. The highest BCUT2D eigenvalue weighted by atomic mass is 16.5. The number of hydrogen-bond donors (Lipinski definition) is 3. The van der Waals surface area contributed by atoms with Crippen molar-refractivity contribution >= 4 is 29.0 Å². The molecule has 5 rings (SSSR count). The molecule has 0 spiro atoms. The van der Waals surface area contributed by atoms with Crippen LogP contribution in [0.1, 0.15) is 39.9 Å². The number of Topliss-reactive ketones (excluding diaryl/α,β-unsaturated/α-hetero) is 4. The van der Waals surface area contributed by atoms with E-state index in [1.165, 1.54) is 6.07 Å². The van der Waals surface area contributed by atoms with Crippen LogP contribution in [0.2, 0.25) is 0 Å². The van der Waals surface area contributed by atoms with Crippen LogP contribution < -0.4 is 10.5 Å². The number of rotatable bonds is 5. The van der Waals surface area contributed by atoms with Gasteiger partial charge in [0.1, 0.15) is 11.5 Å². The Bertz CT molecular complexity index is 1360. The van der Waals surface area contributed by atoms with Gasteiger partial charge in [-0.3, -0.25) is 24.0 Å². The number of carbonyl (C=O) groups excluding carboxylic acids is 5. The standard InChI is InChI=1S/C28H27NO8/c1-37-17-4-2-3-13(9-17)5-6-14-7-8-19(30)22-18(14)11-15-10-16-12-20(31)23(27(29)35)26(34)28(16,36)25(33)21(15)24(22)32/h2-4,7-9,15-16,21,23,30,36H,5-6,10-12H2,1H3,(H2,29,35)/t15?,16?,21?,23?,28-/m0/s1. The third kappa shape index (κ3) is 3.76. The highest BCUT2D eigenvalue weighted by Crippen LogP contribution is 2.50. The summed E-state index contributed by atoms with van der Waals surface area (Å²) in [5.41, 5.74) is 5.10. The Labute approximate surface area is 212 Å². The van der Waals surface area contributed by atoms with E-state index in [1.807, 2.05) is 24.3 Å². The zero-order valence-electron chi connectivity index (χ0n) is 20.2. The minimum atomic E-state index is -2.64. The van der Waals surface area contributed by atoms with Gasteiger partial charge in [0.2, 0.25) is 5.91 Å². The molecular formula is C28H27NO8. The van der Waals surface area contributed by atoms with Gasteiger partial charge >= 0.3 is 0 Å². The number of benzene rings is 2. The van der Waals surface area contributed by atoms with Crippen LogP contribution in [0.4, 0.5) is 0 Å². The predicted octanol–water partition coefficient (Wildman–Crippen LogP) is 1.12. The second kappa shape index (κ2) is 8.92. The van der Waals surface area contributed by atoms with Gasteiger partial charge in [0.05, 0.1) is 18.6 Å². The summed E-state index contributed by atoms with van der Waals surface area (Å²) in [5, 5.41) is 21.9. The number of ketones is 4. The smallest absolute Gasteiger partial charge is 0.235 e. The number of amides is 1. The van der Waals surface area contributed by atoms with E-state index in [9.17, 15) is 34.2 Å². The fraction of sp³-hybridized carbons (Fsp3) is 0.393. The van der Waals surface area contributed by atoms with E-state index < -0.39 is 58.3 Å². The lowest BCUT2D eigenvalue weighted by Gasteiger charge is -2.48. The van der Waals surface area contributed by atoms with Crippen molar-refractivity contribution in [1.29, 1.82) is 0 Å². The van der Waals surface area contributed by atoms with Crippen molar-refractivity contribution in [3.63, 3.8) is 0 Å². The number of aromatic hydroxyl groups is 1. The Hall–Kier alpha value is -3.85. The average molecular weight is 506 g/mol. The summed E-state index contributed by atoms with van der Waals surface area (Å²) < 4.78 is 5.28. The van der Waals surface area contributed by atoms with Crippen molar-refractivity contribution < 1.29 is 38.9 Å². The zero-order valence-corrected chi connectivity index (χ0v) is 20.2. The summed E-state index contributed by atoms with van der Waals surface area (Å²) in [6, 6.07) is 10.8. The van der Waals surface area contributed by atoms with Gasteiger partial charge in [0.25, 0.3) is 0 Å². The van der Waals surface area contributed by atoms with Gasteiger partial charge in [-0.15, -0.1) is 0 Å². The van der Waals surface area contributed by atoms with E-state index in [-0.39, 0.29) is 30.6 Å². The number of aryl methyl sites for hydroxylation is 2. The molecule has 0 bridgehead atoms. The summed E-state index contributed by atoms with van der Waals surface area (Å²) in [5.74, 6) is -9.30. The molecule has 9 heteroatoms. The molecule has 2 fully saturated rings. The van der Waals surface area contributed by atoms with E-state index >= 15 is 0 Å². The monoisotopic (exact) mass is 505 g/mol. The van der Waals surface area contributed by atoms with Crippen molar-refractivity contribution in [1.82, 2.24) is 0 Å². The number of methoxy groups -OCH3 is 1. The van der Waals surface area contributed by atoms with Gasteiger partial charge in [-0.25, -0.2) is 0 Å². The largest absolute Gasteiger partial charge is 0.507 e. The molecule has 2 aromatic carbocycles. The molecular weight excluding hydrogens is 478 g/mol. The molecule has 192 valence electrons. The molecule has 0 aromatic heterocycles. The number of aliphatic hydroxyl groups is 1. The molecule has 0 saturated heterocycles. The number of nitrogens with two attached hydrogens (primary N) is 1. The number of fused-ring (bicyclic) bond motifs is 3. The van der Waals surface area contributed by atoms with E-state index in [1.54, 1.807) is 13.2 Å². The number of primary amides is 1. The minimum absolute atomic E-state index is 0.0191. The van der Waals surface area contributed by atoms with Crippen LogP contribution in [0.15, 0.2) is 36.4 Å². The van der Waals surface area contributed by atoms with Crippen molar-refractivity contribution in [2.75, 3.05) is 7.11 Å². The topological polar surface area (TPSA) is 161 Å². The van der Waals surface area contributed by atoms with Crippen LogP contribution in [0, 0.1) is 23.7 Å². The van der Waals surface area contributed by atoms with E-state index in [2.05, 4.69) is 0 Å². The van der Waals surface area contributed by atoms with Gasteiger partial charge in [0.15, 0.2) is 34.7 Å². The van der Waals surface area contributed by atoms with Gasteiger partial charge in [0, 0.05) is 12.3 Å². The Kier molecular flexibility index (Phi) is 5.98. The van der Waals surface area contributed by atoms with E-state index in [0.29, 0.717) is 18.4 Å². The van der Waals surface area contributed by atoms with Crippen molar-refractivity contribution in [2.45, 2.75) is 37.7 Å². The van der Waals surface area contributed by atoms with Crippen molar-refractivity contribution in [3.8, 4) is 11.5 Å². The highest BCUT2D eigenvalue weighted by Gasteiger charge is 2.66. The minimum Gasteiger partial charge on any atom is -0.507 e. The Balaban J connectivity index is 1.49. The fourth-order valence-corrected chi connectivity index (χ4v) is 6.37. The number of ether oxygens (including phenoxy) is 1. The number of hydrogen-bond acceptors (Lipinski definition) is 8. The predicted molar refractivity (Wildman–Crippen MR) is 129 cm³/mol. The first-order valence-electron chi connectivity index (χ1n) is 12.2. The molecule has 4 N–H and O–H groups in total. The van der Waals surface area contributed by atoms with Crippen LogP contribution in [0.3, 0.4) is 0 Å². The normalized spacial score (nSPS) is 28.8. The van der Waals surface area contributed by atoms with E-state index in [4.69, 9.17) is 10.5 Å². The lowest BCUT2D eigenvalue weighted by atomic mass is 9.53. The summed E-state index contributed by atoms with van der Waals surface area (Å²) in [4.78, 5) is 64.4. The fourth-order valence-electron chi connectivity index (χ4n) is 6.37. The molecule has 5 atom stereocenters. The lowest BCUT2D eigenvalue weighted by Crippen LogP contribution is -2.68. The molecule has 2 aromatic rings. The number of carbonyl (C=O) groups is 5. The molecule has 0 heterocycles. The van der Waals surface area contributed by atoms with Crippen LogP contribution in [-0.2, 0) is 38.4 Å². The Morgan fingerprint density at radius 3 is 2.54 bits per heavy atom. The van der Waals surface area contributed by atoms with Crippen molar-refractivity contribution in [3.05, 3.63) is 58.7 Å². The average Bonchev–Trinajstić information content (AvgIpc) is 2.85. The summed E-state index contributed by atoms with van der Waals surface area (Å²) >= 11 is 0. The second-order valence-electron chi connectivity index (χ2n) is 10.2. The molecule has 2 saturated carbocycles. The first-order valence-corrected chi connectivity index (χ1v) is 12.2. The van der Waals surface area contributed by atoms with Gasteiger partial charge in [-0.05, 0) is 66.5 Å². The molecule has 3 aliphatic rings. The molecule has 37 heavy (non-hydrogen) atoms. The summed E-state index contributed by atoms with van der Waals surface area (Å²) in [6.07, 6.45) is 1.21. The maximum absolute atomic E-state index is 13.6. The number of phenols is 1. The maximum Gasteiger partial charge on any atom is 0.235 e. The first kappa shape index (κ1) is 24.8. The molecule has 0 radical (unpaired) electrons. The van der Waals surface area contributed by atoms with Crippen LogP contribution in [-0.4, -0.2) is 52.0 Å². The highest BCUT2D eigenvalue weighted by molar-refractivity contribution is 6.31. The third-order valence-corrected chi connectivity index (χ3v) is 8.20. The molecule has 9 nitrogen and oxygen atoms in total. The van der Waals surface area contributed by atoms with Gasteiger partial charge in [-0.2, -0.15) is 0 Å². The van der Waals surface area contributed by atoms with Crippen LogP contribution in [0.5, 0.6) is 11.5 Å². The summed E-state index contributed by atoms with van der Waals surface area (Å²) in [7, 11) is 1.59. The van der Waals surface area contributed by atoms with Crippen molar-refractivity contribution in [2.24, 2.45) is 29.4 Å². The molecule has 4 unspecified atom stereocenters. The Morgan fingerprint density at radius 1 is 1.08 bits per heavy atom. The Morgan fingerprint density at radius 2 is 1.84 bits per heavy atom. The summed E-state index contributed by atoms with van der Waals surface area (Å²) in [6.45, 7) is 0. The molecule has 1 amide bonds. The quantitative estimate of drug-likeness (QED) is 0.510.